The Kier molecular flexibility index (Phi) is 5.28. The number of alkyl halides is 3. The van der Waals surface area contributed by atoms with Crippen LogP contribution in [0.25, 0.3) is 0 Å². The highest BCUT2D eigenvalue weighted by Gasteiger charge is 2.35. The third kappa shape index (κ3) is 3.89. The van der Waals surface area contributed by atoms with Gasteiger partial charge in [0.05, 0.1) is 11.4 Å². The second-order valence-corrected chi connectivity index (χ2v) is 6.52. The van der Waals surface area contributed by atoms with Gasteiger partial charge < -0.3 is 16.4 Å². The Hall–Kier alpha value is -1.34. The first-order chi connectivity index (χ1) is 10.3. The van der Waals surface area contributed by atoms with Crippen LogP contribution >= 0.6 is 11.8 Å². The van der Waals surface area contributed by atoms with Crippen LogP contribution in [0.5, 0.6) is 0 Å². The normalized spacial score (nSPS) is 27.1. The number of halogens is 3. The summed E-state index contributed by atoms with van der Waals surface area (Å²) in [6, 6.07) is -1.99. The molecule has 2 aliphatic heterocycles. The van der Waals surface area contributed by atoms with E-state index in [1.54, 1.807) is 18.8 Å². The lowest BCUT2D eigenvalue weighted by molar-refractivity contribution is -0.137. The van der Waals surface area contributed by atoms with Crippen LogP contribution in [0.2, 0.25) is 0 Å². The molecule has 0 saturated heterocycles. The maximum atomic E-state index is 12.6. The fourth-order valence-electron chi connectivity index (χ4n) is 2.42. The molecule has 0 radical (unpaired) electrons. The van der Waals surface area contributed by atoms with E-state index >= 15 is 0 Å². The third-order valence-corrected chi connectivity index (χ3v) is 4.73. The zero-order valence-corrected chi connectivity index (χ0v) is 13.3. The van der Waals surface area contributed by atoms with Crippen LogP contribution in [0.15, 0.2) is 46.7 Å². The Labute approximate surface area is 132 Å². The molecular weight excluding hydrogens is 311 g/mol. The largest absolute Gasteiger partial charge is 0.407 e. The zero-order valence-electron chi connectivity index (χ0n) is 12.4. The van der Waals surface area contributed by atoms with Crippen molar-refractivity contribution in [2.45, 2.75) is 24.4 Å². The van der Waals surface area contributed by atoms with Crippen LogP contribution in [-0.2, 0) is 0 Å². The first-order valence-electron chi connectivity index (χ1n) is 7.03. The van der Waals surface area contributed by atoms with Gasteiger partial charge in [-0.15, -0.1) is 11.8 Å². The molecular formula is C15H20F3N3S. The van der Waals surface area contributed by atoms with Crippen molar-refractivity contribution in [2.24, 2.45) is 11.7 Å². The van der Waals surface area contributed by atoms with Crippen molar-refractivity contribution < 1.29 is 13.2 Å². The van der Waals surface area contributed by atoms with E-state index in [2.05, 4.69) is 35.1 Å². The van der Waals surface area contributed by atoms with Gasteiger partial charge in [-0.2, -0.15) is 13.2 Å². The summed E-state index contributed by atoms with van der Waals surface area (Å²) in [4.78, 5) is 0. The number of hydrogen-bond acceptors (Lipinski definition) is 4. The van der Waals surface area contributed by atoms with Gasteiger partial charge in [-0.05, 0) is 23.1 Å². The topological polar surface area (TPSA) is 50.1 Å². The van der Waals surface area contributed by atoms with Crippen molar-refractivity contribution in [1.29, 1.82) is 0 Å². The SMILES string of the molecule is CN/C(=C\C(N)C(F)(F)F)C1=CC(C2C=CSC2C)=CCN1. The molecule has 0 saturated carbocycles. The average Bonchev–Trinajstić information content (AvgIpc) is 2.89. The molecule has 0 spiro atoms. The lowest BCUT2D eigenvalue weighted by atomic mass is 9.93. The summed E-state index contributed by atoms with van der Waals surface area (Å²) in [7, 11) is 1.59. The van der Waals surface area contributed by atoms with Gasteiger partial charge in [0, 0.05) is 24.8 Å². The van der Waals surface area contributed by atoms with E-state index in [9.17, 15) is 13.2 Å². The Bertz CT molecular complexity index is 535. The fourth-order valence-corrected chi connectivity index (χ4v) is 3.34. The van der Waals surface area contributed by atoms with Crippen LogP contribution in [0.4, 0.5) is 13.2 Å². The Balaban J connectivity index is 2.22. The number of nitrogens with two attached hydrogens (primary N) is 1. The molecule has 3 atom stereocenters. The second-order valence-electron chi connectivity index (χ2n) is 5.24. The minimum atomic E-state index is -4.45. The average molecular weight is 331 g/mol. The number of rotatable bonds is 4. The van der Waals surface area contributed by atoms with E-state index in [0.717, 1.165) is 11.6 Å². The molecule has 3 unspecified atom stereocenters. The van der Waals surface area contributed by atoms with Gasteiger partial charge in [0.2, 0.25) is 0 Å². The van der Waals surface area contributed by atoms with Crippen molar-refractivity contribution in [3.63, 3.8) is 0 Å². The second kappa shape index (κ2) is 6.83. The van der Waals surface area contributed by atoms with Crippen molar-refractivity contribution >= 4 is 11.8 Å². The Morgan fingerprint density at radius 1 is 1.55 bits per heavy atom. The molecule has 0 aromatic carbocycles. The van der Waals surface area contributed by atoms with Crippen molar-refractivity contribution in [3.05, 3.63) is 46.7 Å². The molecule has 0 aliphatic carbocycles. The molecule has 0 fully saturated rings. The summed E-state index contributed by atoms with van der Waals surface area (Å²) in [6.07, 6.45) is 2.65. The zero-order chi connectivity index (χ0) is 16.3. The summed E-state index contributed by atoms with van der Waals surface area (Å²) in [5.41, 5.74) is 7.30. The summed E-state index contributed by atoms with van der Waals surface area (Å²) < 4.78 is 37.9. The molecule has 0 aromatic rings. The minimum absolute atomic E-state index is 0.288. The van der Waals surface area contributed by atoms with Crippen molar-refractivity contribution in [1.82, 2.24) is 10.6 Å². The highest BCUT2D eigenvalue weighted by molar-refractivity contribution is 8.03. The molecule has 4 N–H and O–H groups in total. The summed E-state index contributed by atoms with van der Waals surface area (Å²) in [6.45, 7) is 2.73. The van der Waals surface area contributed by atoms with Gasteiger partial charge >= 0.3 is 6.18 Å². The lowest BCUT2D eigenvalue weighted by Crippen LogP contribution is -2.37. The van der Waals surface area contributed by atoms with E-state index in [0.29, 0.717) is 23.2 Å². The molecule has 122 valence electrons. The molecule has 7 heteroatoms. The summed E-state index contributed by atoms with van der Waals surface area (Å²) in [5, 5.41) is 8.39. The quantitative estimate of drug-likeness (QED) is 0.741. The van der Waals surface area contributed by atoms with E-state index in [4.69, 9.17) is 5.73 Å². The molecule has 2 heterocycles. The molecule has 0 amide bonds. The number of allylic oxidation sites excluding steroid dienone is 3. The van der Waals surface area contributed by atoms with Crippen LogP contribution in [0, 0.1) is 5.92 Å². The maximum absolute atomic E-state index is 12.6. The molecule has 22 heavy (non-hydrogen) atoms. The van der Waals surface area contributed by atoms with E-state index in [-0.39, 0.29) is 5.92 Å². The number of hydrogen-bond donors (Lipinski definition) is 3. The molecule has 0 bridgehead atoms. The third-order valence-electron chi connectivity index (χ3n) is 3.69. The fraction of sp³-hybridized carbons (Fsp3) is 0.467. The first-order valence-corrected chi connectivity index (χ1v) is 7.97. The Morgan fingerprint density at radius 3 is 2.82 bits per heavy atom. The highest BCUT2D eigenvalue weighted by atomic mass is 32.2. The number of dihydropyridines is 1. The number of likely N-dealkylation sites (N-methyl/N-ethyl adjacent to an activating group) is 1. The standard InChI is InChI=1S/C15H20F3N3S/c1-9-11(4-6-22-9)10-3-5-21-13(7-10)12(20-2)8-14(19)15(16,17)18/h3-4,6-9,11,14,20-21H,5,19H2,1-2H3/b12-8-. The predicted octanol–water partition coefficient (Wildman–Crippen LogP) is 2.66. The van der Waals surface area contributed by atoms with E-state index in [1.807, 2.05) is 6.08 Å². The molecule has 0 aromatic heterocycles. The van der Waals surface area contributed by atoms with Crippen LogP contribution in [0.3, 0.4) is 0 Å². The van der Waals surface area contributed by atoms with Crippen LogP contribution < -0.4 is 16.4 Å². The summed E-state index contributed by atoms with van der Waals surface area (Å²) >= 11 is 1.76. The monoisotopic (exact) mass is 331 g/mol. The molecule has 3 nitrogen and oxygen atoms in total. The van der Waals surface area contributed by atoms with Gasteiger partial charge in [-0.3, -0.25) is 0 Å². The van der Waals surface area contributed by atoms with E-state index < -0.39 is 12.2 Å². The van der Waals surface area contributed by atoms with Gasteiger partial charge in [0.1, 0.15) is 6.04 Å². The van der Waals surface area contributed by atoms with Gasteiger partial charge in [0.15, 0.2) is 0 Å². The van der Waals surface area contributed by atoms with Gasteiger partial charge in [0.25, 0.3) is 0 Å². The van der Waals surface area contributed by atoms with Crippen LogP contribution in [0.1, 0.15) is 6.92 Å². The van der Waals surface area contributed by atoms with Gasteiger partial charge in [-0.25, -0.2) is 0 Å². The van der Waals surface area contributed by atoms with E-state index in [1.165, 1.54) is 0 Å². The smallest absolute Gasteiger partial charge is 0.387 e. The van der Waals surface area contributed by atoms with Crippen molar-refractivity contribution in [2.75, 3.05) is 13.6 Å². The molecule has 2 aliphatic rings. The predicted molar refractivity (Wildman–Crippen MR) is 85.0 cm³/mol. The van der Waals surface area contributed by atoms with Crippen molar-refractivity contribution in [3.8, 4) is 0 Å². The Morgan fingerprint density at radius 2 is 2.27 bits per heavy atom. The van der Waals surface area contributed by atoms with Crippen LogP contribution in [-0.4, -0.2) is 31.1 Å². The summed E-state index contributed by atoms with van der Waals surface area (Å²) in [5.74, 6) is 0.288. The van der Waals surface area contributed by atoms with Gasteiger partial charge in [-0.1, -0.05) is 19.1 Å². The maximum Gasteiger partial charge on any atom is 0.407 e. The first kappa shape index (κ1) is 17.0. The lowest BCUT2D eigenvalue weighted by Gasteiger charge is -2.24. The number of nitrogens with one attached hydrogen (secondary N) is 2. The number of thioether (sulfide) groups is 1. The highest BCUT2D eigenvalue weighted by Crippen LogP contribution is 2.35. The molecule has 2 rings (SSSR count). The minimum Gasteiger partial charge on any atom is -0.387 e.